The number of fused-ring (bicyclic) bond motifs is 2. The fourth-order valence-corrected chi connectivity index (χ4v) is 5.22. The summed E-state index contributed by atoms with van der Waals surface area (Å²) in [4.78, 5) is 0. The van der Waals surface area contributed by atoms with Crippen molar-refractivity contribution in [2.45, 2.75) is 27.7 Å². The van der Waals surface area contributed by atoms with Crippen LogP contribution in [0.2, 0.25) is 0 Å². The van der Waals surface area contributed by atoms with Gasteiger partial charge in [0.2, 0.25) is 0 Å². The van der Waals surface area contributed by atoms with E-state index >= 15 is 0 Å². The Labute approximate surface area is 218 Å². The van der Waals surface area contributed by atoms with Gasteiger partial charge in [0, 0.05) is 0 Å². The molecule has 0 radical (unpaired) electrons. The van der Waals surface area contributed by atoms with E-state index in [1.54, 1.807) is 0 Å². The van der Waals surface area contributed by atoms with Crippen LogP contribution in [0.25, 0.3) is 21.5 Å². The summed E-state index contributed by atoms with van der Waals surface area (Å²) in [6, 6.07) is 18.3. The minimum absolute atomic E-state index is 0. The summed E-state index contributed by atoms with van der Waals surface area (Å²) in [6.07, 6.45) is 0. The zero-order valence-electron chi connectivity index (χ0n) is 19.8. The zero-order chi connectivity index (χ0) is 20.6. The van der Waals surface area contributed by atoms with Crippen molar-refractivity contribution < 1.29 is 46.5 Å². The molecule has 0 aliphatic carbocycles. The molecule has 31 heavy (non-hydrogen) atoms. The molecule has 0 aromatic heterocycles. The quantitative estimate of drug-likeness (QED) is 0.209. The Balaban J connectivity index is 0.000000529. The third-order valence-corrected chi connectivity index (χ3v) is 8.23. The molecule has 0 aliphatic rings. The molecule has 0 heterocycles. The summed E-state index contributed by atoms with van der Waals surface area (Å²) in [7, 11) is 0.0657. The number of hydrogen-bond donors (Lipinski definition) is 0. The number of halogens is 2. The van der Waals surface area contributed by atoms with E-state index in [0.29, 0.717) is 0 Å². The average molecular weight is 525 g/mol. The monoisotopic (exact) mass is 524 g/mol. The standard InChI is InChI=1S/2C13H16P.2ClH.Ti/c2*1-9-5-6-10(2)13-8-11(14(3)4)7-12(9)13;;;/h2*5-8H,1-4H3;2*1H;/q2*-1;;;+4/p-2. The number of benzene rings is 2. The van der Waals surface area contributed by atoms with Gasteiger partial charge in [-0.1, -0.05) is 37.1 Å². The Morgan fingerprint density at radius 2 is 0.839 bits per heavy atom. The van der Waals surface area contributed by atoms with Gasteiger partial charge >= 0.3 is 21.7 Å². The van der Waals surface area contributed by atoms with E-state index in [1.807, 2.05) is 0 Å². The van der Waals surface area contributed by atoms with Crippen LogP contribution >= 0.6 is 15.8 Å². The number of hydrogen-bond acceptors (Lipinski definition) is 0. The average Bonchev–Trinajstić information content (AvgIpc) is 3.28. The molecule has 0 nitrogen and oxygen atoms in total. The molecule has 4 aromatic rings. The predicted molar refractivity (Wildman–Crippen MR) is 135 cm³/mol. The first-order valence-corrected chi connectivity index (χ1v) is 14.3. The van der Waals surface area contributed by atoms with Crippen LogP contribution in [0.15, 0.2) is 48.5 Å². The van der Waals surface area contributed by atoms with Crippen LogP contribution in [0, 0.1) is 27.7 Å². The normalized spacial score (nSPS) is 10.4. The molecule has 4 aromatic carbocycles. The van der Waals surface area contributed by atoms with Gasteiger partial charge in [-0.2, -0.15) is 12.1 Å². The molecular weight excluding hydrogens is 493 g/mol. The van der Waals surface area contributed by atoms with E-state index in [4.69, 9.17) is 0 Å². The minimum atomic E-state index is 0. The first-order chi connectivity index (χ1) is 13.2. The molecule has 5 heteroatoms. The molecule has 0 bridgehead atoms. The van der Waals surface area contributed by atoms with E-state index in [1.165, 1.54) is 54.4 Å². The van der Waals surface area contributed by atoms with E-state index in [2.05, 4.69) is 103 Å². The summed E-state index contributed by atoms with van der Waals surface area (Å²) in [5.74, 6) is 0. The molecule has 0 aliphatic heterocycles. The second kappa shape index (κ2) is 12.9. The first-order valence-electron chi connectivity index (χ1n) is 9.87. The van der Waals surface area contributed by atoms with Crippen LogP contribution in [0.5, 0.6) is 0 Å². The van der Waals surface area contributed by atoms with Crippen LogP contribution in [0.4, 0.5) is 0 Å². The van der Waals surface area contributed by atoms with E-state index in [9.17, 15) is 0 Å². The van der Waals surface area contributed by atoms with Gasteiger partial charge in [-0.05, 0) is 40.5 Å². The maximum Gasteiger partial charge on any atom is 4.00 e. The van der Waals surface area contributed by atoms with Crippen molar-refractivity contribution in [2.75, 3.05) is 26.7 Å². The van der Waals surface area contributed by atoms with Gasteiger partial charge in [-0.3, -0.25) is 0 Å². The third kappa shape index (κ3) is 6.90. The summed E-state index contributed by atoms with van der Waals surface area (Å²) < 4.78 is 0. The SMILES string of the molecule is Cc1ccc(C)c2[cH-]c(P(C)C)cc12.Cc1ccc(C)c2[cH-]c(P(C)C)cc12.[Cl-].[Cl-].[Ti+4]. The summed E-state index contributed by atoms with van der Waals surface area (Å²) in [5, 5.41) is 8.81. The molecule has 0 N–H and O–H groups in total. The number of rotatable bonds is 2. The minimum Gasteiger partial charge on any atom is -1.00 e. The van der Waals surface area contributed by atoms with Crippen molar-refractivity contribution >= 4 is 48.0 Å². The summed E-state index contributed by atoms with van der Waals surface area (Å²) >= 11 is 0. The van der Waals surface area contributed by atoms with Crippen LogP contribution in [0.1, 0.15) is 22.3 Å². The van der Waals surface area contributed by atoms with Gasteiger partial charge in [-0.15, -0.1) is 83.4 Å². The molecule has 0 unspecified atom stereocenters. The van der Waals surface area contributed by atoms with Crippen molar-refractivity contribution in [2.24, 2.45) is 0 Å². The molecule has 0 atom stereocenters. The molecule has 0 fully saturated rings. The fraction of sp³-hybridized carbons (Fsp3) is 0.308. The van der Waals surface area contributed by atoms with Gasteiger partial charge in [0.1, 0.15) is 0 Å². The molecule has 164 valence electrons. The largest absolute Gasteiger partial charge is 4.00 e. The van der Waals surface area contributed by atoms with Crippen LogP contribution < -0.4 is 35.4 Å². The van der Waals surface area contributed by atoms with Gasteiger partial charge in [0.15, 0.2) is 0 Å². The van der Waals surface area contributed by atoms with Gasteiger partial charge in [-0.25, -0.2) is 0 Å². The Hall–Kier alpha value is -0.186. The number of aryl methyl sites for hydroxylation is 4. The summed E-state index contributed by atoms with van der Waals surface area (Å²) in [6.45, 7) is 18.0. The van der Waals surface area contributed by atoms with E-state index in [0.717, 1.165) is 0 Å². The second-order valence-corrected chi connectivity index (χ2v) is 12.9. The molecule has 0 amide bonds. The van der Waals surface area contributed by atoms with E-state index < -0.39 is 0 Å². The van der Waals surface area contributed by atoms with Crippen LogP contribution in [-0.2, 0) is 21.7 Å². The third-order valence-electron chi connectivity index (χ3n) is 5.65. The van der Waals surface area contributed by atoms with Crippen molar-refractivity contribution in [3.8, 4) is 0 Å². The van der Waals surface area contributed by atoms with Crippen LogP contribution in [-0.4, -0.2) is 26.7 Å². The molecular formula is C26H32Cl2P2Ti. The fourth-order valence-electron chi connectivity index (χ4n) is 3.67. The van der Waals surface area contributed by atoms with Crippen molar-refractivity contribution in [3.63, 3.8) is 0 Å². The topological polar surface area (TPSA) is 0 Å². The maximum atomic E-state index is 2.36. The Kier molecular flexibility index (Phi) is 12.8. The van der Waals surface area contributed by atoms with Crippen molar-refractivity contribution in [3.05, 3.63) is 70.8 Å². The Morgan fingerprint density at radius 1 is 0.548 bits per heavy atom. The molecule has 4 rings (SSSR count). The molecule has 0 spiro atoms. The Morgan fingerprint density at radius 3 is 1.10 bits per heavy atom. The van der Waals surface area contributed by atoms with E-state index in [-0.39, 0.29) is 62.4 Å². The maximum absolute atomic E-state index is 2.36. The van der Waals surface area contributed by atoms with Gasteiger partial charge in [0.25, 0.3) is 0 Å². The van der Waals surface area contributed by atoms with Crippen LogP contribution in [0.3, 0.4) is 0 Å². The molecule has 0 saturated heterocycles. The van der Waals surface area contributed by atoms with Gasteiger partial charge in [0.05, 0.1) is 0 Å². The van der Waals surface area contributed by atoms with Gasteiger partial charge < -0.3 is 24.8 Å². The molecule has 0 saturated carbocycles. The van der Waals surface area contributed by atoms with Crippen molar-refractivity contribution in [1.29, 1.82) is 0 Å². The first kappa shape index (κ1) is 30.8. The predicted octanol–water partition coefficient (Wildman–Crippen LogP) is 1.09. The second-order valence-electron chi connectivity index (χ2n) is 8.27. The Bertz CT molecular complexity index is 956. The van der Waals surface area contributed by atoms with Crippen molar-refractivity contribution in [1.82, 2.24) is 0 Å². The summed E-state index contributed by atoms with van der Waals surface area (Å²) in [5.41, 5.74) is 5.59. The smallest absolute Gasteiger partial charge is 1.00 e. The zero-order valence-corrected chi connectivity index (χ0v) is 24.6.